The van der Waals surface area contributed by atoms with Crippen molar-refractivity contribution < 1.29 is 14.6 Å². The van der Waals surface area contributed by atoms with E-state index in [1.54, 1.807) is 14.0 Å². The van der Waals surface area contributed by atoms with Gasteiger partial charge in [-0.2, -0.15) is 0 Å². The number of amides is 1. The molecule has 1 atom stereocenters. The first-order valence-electron chi connectivity index (χ1n) is 5.70. The lowest BCUT2D eigenvalue weighted by atomic mass is 10.0. The zero-order valence-corrected chi connectivity index (χ0v) is 10.5. The van der Waals surface area contributed by atoms with Crippen LogP contribution in [0.3, 0.4) is 0 Å². The van der Waals surface area contributed by atoms with Gasteiger partial charge in [0, 0.05) is 26.8 Å². The smallest absolute Gasteiger partial charge is 0.233 e. The summed E-state index contributed by atoms with van der Waals surface area (Å²) in [7, 11) is 1.64. The predicted octanol–water partition coefficient (Wildman–Crippen LogP) is -0.110. The first-order valence-corrected chi connectivity index (χ1v) is 5.70. The van der Waals surface area contributed by atoms with Crippen LogP contribution in [-0.2, 0) is 9.53 Å². The van der Waals surface area contributed by atoms with E-state index in [0.717, 1.165) is 6.42 Å². The van der Waals surface area contributed by atoms with Gasteiger partial charge in [-0.25, -0.2) is 0 Å². The summed E-state index contributed by atoms with van der Waals surface area (Å²) in [4.78, 5) is 11.3. The average Bonchev–Trinajstić information content (AvgIpc) is 2.24. The van der Waals surface area contributed by atoms with Crippen molar-refractivity contribution in [2.24, 2.45) is 0 Å². The summed E-state index contributed by atoms with van der Waals surface area (Å²) >= 11 is 0. The minimum atomic E-state index is -0.740. The SMILES string of the molecule is CCC(C)(O)CNCC(=O)NCCCOC. The fourth-order valence-corrected chi connectivity index (χ4v) is 1.08. The van der Waals surface area contributed by atoms with Gasteiger partial charge in [0.25, 0.3) is 0 Å². The molecular weight excluding hydrogens is 208 g/mol. The van der Waals surface area contributed by atoms with Crippen LogP contribution in [0.2, 0.25) is 0 Å². The van der Waals surface area contributed by atoms with E-state index in [9.17, 15) is 9.90 Å². The van der Waals surface area contributed by atoms with Crippen molar-refractivity contribution in [2.75, 3.05) is 33.4 Å². The second-order valence-corrected chi connectivity index (χ2v) is 4.15. The number of hydrogen-bond acceptors (Lipinski definition) is 4. The maximum Gasteiger partial charge on any atom is 0.233 e. The lowest BCUT2D eigenvalue weighted by molar-refractivity contribution is -0.120. The molecule has 0 rings (SSSR count). The molecule has 0 aliphatic heterocycles. The van der Waals surface area contributed by atoms with E-state index in [4.69, 9.17) is 4.74 Å². The minimum Gasteiger partial charge on any atom is -0.389 e. The molecule has 0 bridgehead atoms. The van der Waals surface area contributed by atoms with Crippen LogP contribution < -0.4 is 10.6 Å². The van der Waals surface area contributed by atoms with E-state index in [1.165, 1.54) is 0 Å². The topological polar surface area (TPSA) is 70.6 Å². The fourth-order valence-electron chi connectivity index (χ4n) is 1.08. The molecule has 5 heteroatoms. The van der Waals surface area contributed by atoms with Crippen molar-refractivity contribution >= 4 is 5.91 Å². The third-order valence-corrected chi connectivity index (χ3v) is 2.40. The Hall–Kier alpha value is -0.650. The summed E-state index contributed by atoms with van der Waals surface area (Å²) in [6, 6.07) is 0. The standard InChI is InChI=1S/C11H24N2O3/c1-4-11(2,15)9-12-8-10(14)13-6-5-7-16-3/h12,15H,4-9H2,1-3H3,(H,13,14). The molecule has 16 heavy (non-hydrogen) atoms. The molecule has 0 aromatic heterocycles. The molecule has 96 valence electrons. The summed E-state index contributed by atoms with van der Waals surface area (Å²) in [5.74, 6) is -0.0528. The second kappa shape index (κ2) is 8.50. The molecule has 0 aromatic rings. The van der Waals surface area contributed by atoms with Gasteiger partial charge in [0.2, 0.25) is 5.91 Å². The van der Waals surface area contributed by atoms with Crippen molar-refractivity contribution in [2.45, 2.75) is 32.3 Å². The van der Waals surface area contributed by atoms with E-state index in [-0.39, 0.29) is 12.5 Å². The normalized spacial score (nSPS) is 14.5. The Balaban J connectivity index is 3.44. The molecule has 0 aliphatic carbocycles. The maximum atomic E-state index is 11.3. The second-order valence-electron chi connectivity index (χ2n) is 4.15. The average molecular weight is 232 g/mol. The van der Waals surface area contributed by atoms with Gasteiger partial charge in [-0.1, -0.05) is 6.92 Å². The Labute approximate surface area is 97.6 Å². The van der Waals surface area contributed by atoms with Crippen molar-refractivity contribution in [3.8, 4) is 0 Å². The van der Waals surface area contributed by atoms with Crippen LogP contribution >= 0.6 is 0 Å². The first-order chi connectivity index (χ1) is 7.52. The molecule has 5 nitrogen and oxygen atoms in total. The molecule has 0 saturated carbocycles. The summed E-state index contributed by atoms with van der Waals surface area (Å²) in [5.41, 5.74) is -0.740. The predicted molar refractivity (Wildman–Crippen MR) is 63.3 cm³/mol. The lowest BCUT2D eigenvalue weighted by Gasteiger charge is -2.21. The first kappa shape index (κ1) is 15.3. The van der Waals surface area contributed by atoms with Gasteiger partial charge in [0.05, 0.1) is 12.1 Å². The van der Waals surface area contributed by atoms with Gasteiger partial charge in [-0.15, -0.1) is 0 Å². The molecule has 0 aromatic carbocycles. The maximum absolute atomic E-state index is 11.3. The number of carbonyl (C=O) groups is 1. The number of rotatable bonds is 9. The molecule has 0 heterocycles. The Bertz CT molecular complexity index is 196. The number of carbonyl (C=O) groups excluding carboxylic acids is 1. The van der Waals surface area contributed by atoms with Crippen LogP contribution in [0.4, 0.5) is 0 Å². The van der Waals surface area contributed by atoms with Gasteiger partial charge in [0.1, 0.15) is 0 Å². The zero-order chi connectivity index (χ0) is 12.4. The van der Waals surface area contributed by atoms with Crippen molar-refractivity contribution in [1.29, 1.82) is 0 Å². The fraction of sp³-hybridized carbons (Fsp3) is 0.909. The summed E-state index contributed by atoms with van der Waals surface area (Å²) < 4.78 is 4.86. The van der Waals surface area contributed by atoms with Crippen molar-refractivity contribution in [3.63, 3.8) is 0 Å². The number of methoxy groups -OCH3 is 1. The van der Waals surface area contributed by atoms with Crippen LogP contribution in [0.5, 0.6) is 0 Å². The largest absolute Gasteiger partial charge is 0.389 e. The third kappa shape index (κ3) is 8.64. The van der Waals surface area contributed by atoms with E-state index < -0.39 is 5.60 Å². The number of aliphatic hydroxyl groups is 1. The summed E-state index contributed by atoms with van der Waals surface area (Å²) in [5, 5.41) is 15.4. The van der Waals surface area contributed by atoms with E-state index in [0.29, 0.717) is 26.1 Å². The Kier molecular flexibility index (Phi) is 8.15. The highest BCUT2D eigenvalue weighted by Gasteiger charge is 2.16. The Morgan fingerprint density at radius 2 is 2.19 bits per heavy atom. The molecule has 0 fully saturated rings. The van der Waals surface area contributed by atoms with Gasteiger partial charge in [-0.05, 0) is 19.8 Å². The van der Waals surface area contributed by atoms with Crippen molar-refractivity contribution in [1.82, 2.24) is 10.6 Å². The minimum absolute atomic E-state index is 0.0528. The molecule has 1 unspecified atom stereocenters. The number of hydrogen-bond donors (Lipinski definition) is 3. The van der Waals surface area contributed by atoms with Crippen LogP contribution in [0, 0.1) is 0 Å². The lowest BCUT2D eigenvalue weighted by Crippen LogP contribution is -2.42. The zero-order valence-electron chi connectivity index (χ0n) is 10.5. The monoisotopic (exact) mass is 232 g/mol. The third-order valence-electron chi connectivity index (χ3n) is 2.40. The molecule has 0 saturated heterocycles. The van der Waals surface area contributed by atoms with Gasteiger partial charge in [-0.3, -0.25) is 4.79 Å². The van der Waals surface area contributed by atoms with E-state index >= 15 is 0 Å². The van der Waals surface area contributed by atoms with Crippen LogP contribution in [0.15, 0.2) is 0 Å². The van der Waals surface area contributed by atoms with Crippen LogP contribution in [-0.4, -0.2) is 50.0 Å². The van der Waals surface area contributed by atoms with E-state index in [1.807, 2.05) is 6.92 Å². The summed E-state index contributed by atoms with van der Waals surface area (Å²) in [6.07, 6.45) is 1.48. The molecule has 1 amide bonds. The highest BCUT2D eigenvalue weighted by atomic mass is 16.5. The van der Waals surface area contributed by atoms with Crippen molar-refractivity contribution in [3.05, 3.63) is 0 Å². The highest BCUT2D eigenvalue weighted by Crippen LogP contribution is 2.05. The number of ether oxygens (including phenoxy) is 1. The molecule has 0 spiro atoms. The molecule has 0 aliphatic rings. The van der Waals surface area contributed by atoms with Crippen LogP contribution in [0.1, 0.15) is 26.7 Å². The van der Waals surface area contributed by atoms with Gasteiger partial charge in [0.15, 0.2) is 0 Å². The quantitative estimate of drug-likeness (QED) is 0.485. The van der Waals surface area contributed by atoms with Crippen LogP contribution in [0.25, 0.3) is 0 Å². The highest BCUT2D eigenvalue weighted by molar-refractivity contribution is 5.77. The molecule has 0 radical (unpaired) electrons. The molecular formula is C11H24N2O3. The Morgan fingerprint density at radius 1 is 1.50 bits per heavy atom. The van der Waals surface area contributed by atoms with Gasteiger partial charge < -0.3 is 20.5 Å². The number of nitrogens with one attached hydrogen (secondary N) is 2. The summed E-state index contributed by atoms with van der Waals surface area (Å²) in [6.45, 7) is 5.60. The van der Waals surface area contributed by atoms with E-state index in [2.05, 4.69) is 10.6 Å². The molecule has 3 N–H and O–H groups in total. The Morgan fingerprint density at radius 3 is 2.75 bits per heavy atom. The van der Waals surface area contributed by atoms with Gasteiger partial charge >= 0.3 is 0 Å².